The van der Waals surface area contributed by atoms with Gasteiger partial charge in [-0.05, 0) is 30.3 Å². The molecule has 72 valence electrons. The highest BCUT2D eigenvalue weighted by Gasteiger charge is 2.04. The van der Waals surface area contributed by atoms with E-state index in [2.05, 4.69) is 15.2 Å². The Morgan fingerprint density at radius 2 is 2.29 bits per heavy atom. The number of rotatable bonds is 2. The van der Waals surface area contributed by atoms with Crippen molar-refractivity contribution in [3.8, 4) is 0 Å². The van der Waals surface area contributed by atoms with E-state index in [1.54, 1.807) is 0 Å². The van der Waals surface area contributed by atoms with Crippen LogP contribution in [0, 0.1) is 6.92 Å². The molecule has 0 aliphatic carbocycles. The molecule has 0 unspecified atom stereocenters. The van der Waals surface area contributed by atoms with Gasteiger partial charge in [0.2, 0.25) is 0 Å². The summed E-state index contributed by atoms with van der Waals surface area (Å²) in [5.74, 6) is 0. The molecule has 0 aliphatic rings. The van der Waals surface area contributed by atoms with Crippen molar-refractivity contribution in [3.63, 3.8) is 0 Å². The number of nitrogen functional groups attached to an aromatic ring is 1. The van der Waals surface area contributed by atoms with Crippen molar-refractivity contribution in [2.24, 2.45) is 0 Å². The van der Waals surface area contributed by atoms with E-state index in [-0.39, 0.29) is 0 Å². The van der Waals surface area contributed by atoms with E-state index in [1.807, 2.05) is 25.1 Å². The van der Waals surface area contributed by atoms with E-state index >= 15 is 0 Å². The Bertz CT molecular complexity index is 424. The number of anilines is 1. The Morgan fingerprint density at radius 1 is 1.43 bits per heavy atom. The summed E-state index contributed by atoms with van der Waals surface area (Å²) >= 11 is 1.48. The van der Waals surface area contributed by atoms with Crippen LogP contribution < -0.4 is 5.73 Å². The van der Waals surface area contributed by atoms with Crippen molar-refractivity contribution < 1.29 is 0 Å². The Balaban J connectivity index is 2.29. The van der Waals surface area contributed by atoms with E-state index in [4.69, 9.17) is 5.73 Å². The lowest BCUT2D eigenvalue weighted by Crippen LogP contribution is -1.92. The van der Waals surface area contributed by atoms with Crippen molar-refractivity contribution in [1.82, 2.24) is 15.2 Å². The lowest BCUT2D eigenvalue weighted by Gasteiger charge is -2.04. The summed E-state index contributed by atoms with van der Waals surface area (Å²) in [6, 6.07) is 5.93. The second kappa shape index (κ2) is 3.71. The van der Waals surface area contributed by atoms with Gasteiger partial charge in [0.15, 0.2) is 5.16 Å². The summed E-state index contributed by atoms with van der Waals surface area (Å²) in [5.41, 5.74) is 7.79. The standard InChI is InChI=1S/C9H10N4S/c1-6-3-2-4-7(8(6)10)14-9-11-5-12-13-9/h2-5H,10H2,1H3,(H,11,12,13). The number of nitrogens with zero attached hydrogens (tertiary/aromatic N) is 2. The summed E-state index contributed by atoms with van der Waals surface area (Å²) in [6.45, 7) is 1.99. The molecule has 0 saturated heterocycles. The number of nitrogens with two attached hydrogens (primary N) is 1. The molecule has 0 fully saturated rings. The molecule has 0 bridgehead atoms. The Labute approximate surface area is 85.9 Å². The molecule has 4 nitrogen and oxygen atoms in total. The van der Waals surface area contributed by atoms with Crippen LogP contribution in [-0.2, 0) is 0 Å². The van der Waals surface area contributed by atoms with Gasteiger partial charge >= 0.3 is 0 Å². The molecule has 2 rings (SSSR count). The van der Waals surface area contributed by atoms with Gasteiger partial charge < -0.3 is 5.73 Å². The highest BCUT2D eigenvalue weighted by molar-refractivity contribution is 7.99. The van der Waals surface area contributed by atoms with Crippen molar-refractivity contribution in [2.45, 2.75) is 17.0 Å². The van der Waals surface area contributed by atoms with Crippen molar-refractivity contribution >= 4 is 17.4 Å². The Hall–Kier alpha value is -1.49. The number of hydrogen-bond donors (Lipinski definition) is 2. The van der Waals surface area contributed by atoms with Crippen LogP contribution in [0.25, 0.3) is 0 Å². The van der Waals surface area contributed by atoms with E-state index in [9.17, 15) is 0 Å². The summed E-state index contributed by atoms with van der Waals surface area (Å²) in [6.07, 6.45) is 1.48. The number of aromatic amines is 1. The molecule has 14 heavy (non-hydrogen) atoms. The van der Waals surface area contributed by atoms with Gasteiger partial charge in [-0.15, -0.1) is 0 Å². The third-order valence-electron chi connectivity index (χ3n) is 1.88. The first kappa shape index (κ1) is 9.08. The maximum absolute atomic E-state index is 5.92. The Kier molecular flexibility index (Phi) is 2.41. The number of hydrogen-bond acceptors (Lipinski definition) is 4. The lowest BCUT2D eigenvalue weighted by molar-refractivity contribution is 0.973. The number of H-pyrrole nitrogens is 1. The zero-order chi connectivity index (χ0) is 9.97. The summed E-state index contributed by atoms with van der Waals surface area (Å²) in [4.78, 5) is 5.02. The van der Waals surface area contributed by atoms with E-state index in [0.717, 1.165) is 21.3 Å². The Morgan fingerprint density at radius 3 is 3.00 bits per heavy atom. The fourth-order valence-corrected chi connectivity index (χ4v) is 1.91. The van der Waals surface area contributed by atoms with Crippen LogP contribution in [0.5, 0.6) is 0 Å². The minimum Gasteiger partial charge on any atom is -0.398 e. The van der Waals surface area contributed by atoms with E-state index in [0.29, 0.717) is 0 Å². The van der Waals surface area contributed by atoms with Gasteiger partial charge in [-0.2, -0.15) is 5.10 Å². The SMILES string of the molecule is Cc1cccc(Sc2ncn[nH]2)c1N. The first-order chi connectivity index (χ1) is 6.77. The average molecular weight is 206 g/mol. The maximum atomic E-state index is 5.92. The molecule has 0 spiro atoms. The minimum absolute atomic E-state index is 0.752. The molecule has 3 N–H and O–H groups in total. The second-order valence-electron chi connectivity index (χ2n) is 2.88. The number of benzene rings is 1. The van der Waals surface area contributed by atoms with Gasteiger partial charge in [0.1, 0.15) is 6.33 Å². The molecule has 5 heteroatoms. The minimum atomic E-state index is 0.752. The summed E-state index contributed by atoms with van der Waals surface area (Å²) < 4.78 is 0. The average Bonchev–Trinajstić information content (AvgIpc) is 2.66. The van der Waals surface area contributed by atoms with Crippen LogP contribution in [0.15, 0.2) is 34.6 Å². The lowest BCUT2D eigenvalue weighted by atomic mass is 10.2. The predicted molar refractivity (Wildman–Crippen MR) is 56.1 cm³/mol. The third kappa shape index (κ3) is 1.72. The molecule has 0 saturated carbocycles. The molecule has 0 radical (unpaired) electrons. The van der Waals surface area contributed by atoms with Gasteiger partial charge in [-0.1, -0.05) is 12.1 Å². The van der Waals surface area contributed by atoms with Crippen LogP contribution in [-0.4, -0.2) is 15.2 Å². The molecule has 0 amide bonds. The van der Waals surface area contributed by atoms with Gasteiger partial charge in [0.25, 0.3) is 0 Å². The summed E-state index contributed by atoms with van der Waals surface area (Å²) in [7, 11) is 0. The highest BCUT2D eigenvalue weighted by atomic mass is 32.2. The van der Waals surface area contributed by atoms with E-state index < -0.39 is 0 Å². The molecule has 1 aromatic carbocycles. The van der Waals surface area contributed by atoms with Crippen LogP contribution >= 0.6 is 11.8 Å². The van der Waals surface area contributed by atoms with Crippen LogP contribution in [0.3, 0.4) is 0 Å². The number of para-hydroxylation sites is 1. The van der Waals surface area contributed by atoms with Crippen LogP contribution in [0.2, 0.25) is 0 Å². The molecule has 1 heterocycles. The van der Waals surface area contributed by atoms with Gasteiger partial charge in [-0.25, -0.2) is 4.98 Å². The first-order valence-electron chi connectivity index (χ1n) is 4.15. The predicted octanol–water partition coefficient (Wildman–Crippen LogP) is 1.85. The number of aromatic nitrogens is 3. The molecular weight excluding hydrogens is 196 g/mol. The molecule has 2 aromatic rings. The first-order valence-corrected chi connectivity index (χ1v) is 4.97. The fraction of sp³-hybridized carbons (Fsp3) is 0.111. The zero-order valence-corrected chi connectivity index (χ0v) is 8.51. The maximum Gasteiger partial charge on any atom is 0.188 e. The van der Waals surface area contributed by atoms with Crippen molar-refractivity contribution in [2.75, 3.05) is 5.73 Å². The zero-order valence-electron chi connectivity index (χ0n) is 7.69. The van der Waals surface area contributed by atoms with E-state index in [1.165, 1.54) is 18.1 Å². The molecule has 0 atom stereocenters. The summed E-state index contributed by atoms with van der Waals surface area (Å²) in [5, 5.41) is 7.30. The smallest absolute Gasteiger partial charge is 0.188 e. The van der Waals surface area contributed by atoms with Crippen molar-refractivity contribution in [3.05, 3.63) is 30.1 Å². The number of aryl methyl sites for hydroxylation is 1. The largest absolute Gasteiger partial charge is 0.398 e. The molecule has 0 aliphatic heterocycles. The second-order valence-corrected chi connectivity index (χ2v) is 3.91. The molecular formula is C9H10N4S. The normalized spacial score (nSPS) is 10.4. The molecule has 1 aromatic heterocycles. The number of nitrogens with one attached hydrogen (secondary N) is 1. The van der Waals surface area contributed by atoms with Crippen molar-refractivity contribution in [1.29, 1.82) is 0 Å². The van der Waals surface area contributed by atoms with Gasteiger partial charge in [-0.3, -0.25) is 5.10 Å². The van der Waals surface area contributed by atoms with Crippen LogP contribution in [0.4, 0.5) is 5.69 Å². The van der Waals surface area contributed by atoms with Gasteiger partial charge in [0.05, 0.1) is 0 Å². The van der Waals surface area contributed by atoms with Gasteiger partial charge in [0, 0.05) is 10.6 Å². The monoisotopic (exact) mass is 206 g/mol. The fourth-order valence-electron chi connectivity index (χ4n) is 1.09. The highest BCUT2D eigenvalue weighted by Crippen LogP contribution is 2.30. The quantitative estimate of drug-likeness (QED) is 0.736. The topological polar surface area (TPSA) is 67.6 Å². The third-order valence-corrected chi connectivity index (χ3v) is 2.85. The van der Waals surface area contributed by atoms with Crippen LogP contribution in [0.1, 0.15) is 5.56 Å².